The Kier molecular flexibility index (Phi) is 3.29. The first kappa shape index (κ1) is 14.2. The van der Waals surface area contributed by atoms with E-state index in [9.17, 15) is 9.59 Å². The molecule has 2 aliphatic rings. The van der Waals surface area contributed by atoms with Crippen molar-refractivity contribution in [2.24, 2.45) is 0 Å². The SMILES string of the molecule is CCCCN1C(=O)[C@@H]2c3ccccc3-c3ccccc3[C@@H]2C1=O. The van der Waals surface area contributed by atoms with Gasteiger partial charge in [0.25, 0.3) is 0 Å². The normalized spacial score (nSPS) is 21.9. The quantitative estimate of drug-likeness (QED) is 0.811. The molecule has 0 spiro atoms. The van der Waals surface area contributed by atoms with Gasteiger partial charge in [0.2, 0.25) is 11.8 Å². The molecule has 2 aromatic rings. The zero-order valence-electron chi connectivity index (χ0n) is 13.2. The van der Waals surface area contributed by atoms with Crippen LogP contribution in [-0.2, 0) is 9.59 Å². The summed E-state index contributed by atoms with van der Waals surface area (Å²) in [5, 5.41) is 0. The van der Waals surface area contributed by atoms with Gasteiger partial charge in [0.05, 0.1) is 11.8 Å². The summed E-state index contributed by atoms with van der Waals surface area (Å²) in [6.45, 7) is 2.61. The van der Waals surface area contributed by atoms with Gasteiger partial charge < -0.3 is 0 Å². The summed E-state index contributed by atoms with van der Waals surface area (Å²) in [7, 11) is 0. The van der Waals surface area contributed by atoms with Crippen LogP contribution in [0.3, 0.4) is 0 Å². The van der Waals surface area contributed by atoms with Crippen molar-refractivity contribution in [1.29, 1.82) is 0 Å². The minimum Gasteiger partial charge on any atom is -0.282 e. The van der Waals surface area contributed by atoms with Gasteiger partial charge in [-0.2, -0.15) is 0 Å². The number of carbonyl (C=O) groups is 2. The van der Waals surface area contributed by atoms with E-state index in [1.165, 1.54) is 4.90 Å². The average Bonchev–Trinajstić information content (AvgIpc) is 2.85. The number of fused-ring (bicyclic) bond motifs is 6. The molecule has 1 aliphatic heterocycles. The van der Waals surface area contributed by atoms with Gasteiger partial charge in [-0.1, -0.05) is 61.9 Å². The standard InChI is InChI=1S/C20H19NO2/c1-2-3-12-21-19(22)17-15-10-6-4-8-13(15)14-9-5-7-11-16(14)18(17)20(21)23/h4-11,17-18H,2-3,12H2,1H3/t17-,18+. The molecule has 2 atom stereocenters. The topological polar surface area (TPSA) is 37.4 Å². The Morgan fingerprint density at radius 3 is 1.78 bits per heavy atom. The number of rotatable bonds is 3. The molecule has 1 aliphatic carbocycles. The van der Waals surface area contributed by atoms with Gasteiger partial charge in [0.15, 0.2) is 0 Å². The summed E-state index contributed by atoms with van der Waals surface area (Å²) in [6.07, 6.45) is 1.83. The Hall–Kier alpha value is -2.42. The maximum Gasteiger partial charge on any atom is 0.237 e. The number of amides is 2. The molecule has 4 rings (SSSR count). The molecule has 2 aromatic carbocycles. The van der Waals surface area contributed by atoms with Crippen molar-refractivity contribution in [2.75, 3.05) is 6.54 Å². The number of benzene rings is 2. The van der Waals surface area contributed by atoms with Gasteiger partial charge >= 0.3 is 0 Å². The second-order valence-electron chi connectivity index (χ2n) is 6.31. The third-order valence-corrected chi connectivity index (χ3v) is 5.01. The van der Waals surface area contributed by atoms with E-state index in [1.54, 1.807) is 0 Å². The van der Waals surface area contributed by atoms with Gasteiger partial charge in [-0.05, 0) is 28.7 Å². The maximum absolute atomic E-state index is 12.9. The summed E-state index contributed by atoms with van der Waals surface area (Å²) in [4.78, 5) is 27.4. The molecular weight excluding hydrogens is 286 g/mol. The van der Waals surface area contributed by atoms with E-state index in [-0.39, 0.29) is 23.7 Å². The Bertz CT molecular complexity index is 732. The highest BCUT2D eigenvalue weighted by atomic mass is 16.2. The van der Waals surface area contributed by atoms with Crippen LogP contribution in [0, 0.1) is 0 Å². The Morgan fingerprint density at radius 1 is 0.826 bits per heavy atom. The van der Waals surface area contributed by atoms with Crippen LogP contribution in [0.5, 0.6) is 0 Å². The lowest BCUT2D eigenvalue weighted by molar-refractivity contribution is -0.139. The highest BCUT2D eigenvalue weighted by molar-refractivity contribution is 6.12. The largest absolute Gasteiger partial charge is 0.282 e. The molecule has 2 amide bonds. The van der Waals surface area contributed by atoms with E-state index in [2.05, 4.69) is 19.1 Å². The fourth-order valence-electron chi connectivity index (χ4n) is 3.92. The second kappa shape index (κ2) is 5.34. The number of imide groups is 1. The predicted octanol–water partition coefficient (Wildman–Crippen LogP) is 3.70. The molecule has 23 heavy (non-hydrogen) atoms. The van der Waals surface area contributed by atoms with Crippen LogP contribution in [0.4, 0.5) is 0 Å². The van der Waals surface area contributed by atoms with Crippen LogP contribution in [0.1, 0.15) is 42.7 Å². The van der Waals surface area contributed by atoms with Crippen molar-refractivity contribution in [3.8, 4) is 11.1 Å². The van der Waals surface area contributed by atoms with Gasteiger partial charge in [-0.25, -0.2) is 0 Å². The molecule has 1 fully saturated rings. The summed E-state index contributed by atoms with van der Waals surface area (Å²) >= 11 is 0. The minimum absolute atomic E-state index is 0.0320. The van der Waals surface area contributed by atoms with Crippen molar-refractivity contribution in [3.05, 3.63) is 59.7 Å². The Morgan fingerprint density at radius 2 is 1.30 bits per heavy atom. The minimum atomic E-state index is -0.356. The van der Waals surface area contributed by atoms with Gasteiger partial charge in [-0.3, -0.25) is 14.5 Å². The van der Waals surface area contributed by atoms with E-state index >= 15 is 0 Å². The van der Waals surface area contributed by atoms with Crippen LogP contribution in [0.2, 0.25) is 0 Å². The molecule has 3 nitrogen and oxygen atoms in total. The zero-order valence-corrected chi connectivity index (χ0v) is 13.2. The zero-order chi connectivity index (χ0) is 16.0. The number of unbranched alkanes of at least 4 members (excludes halogenated alkanes) is 1. The van der Waals surface area contributed by atoms with Crippen molar-refractivity contribution < 1.29 is 9.59 Å². The van der Waals surface area contributed by atoms with Crippen molar-refractivity contribution in [1.82, 2.24) is 4.90 Å². The third-order valence-electron chi connectivity index (χ3n) is 5.01. The van der Waals surface area contributed by atoms with Gasteiger partial charge in [0.1, 0.15) is 0 Å². The lowest BCUT2D eigenvalue weighted by atomic mass is 9.73. The number of hydrogen-bond donors (Lipinski definition) is 0. The first-order valence-electron chi connectivity index (χ1n) is 8.27. The number of carbonyl (C=O) groups excluding carboxylic acids is 2. The summed E-state index contributed by atoms with van der Waals surface area (Å²) in [6, 6.07) is 16.0. The molecular formula is C20H19NO2. The summed E-state index contributed by atoms with van der Waals surface area (Å²) in [5.74, 6) is -0.776. The number of hydrogen-bond acceptors (Lipinski definition) is 2. The Balaban J connectivity index is 1.89. The molecule has 0 unspecified atom stereocenters. The van der Waals surface area contributed by atoms with Crippen LogP contribution >= 0.6 is 0 Å². The average molecular weight is 305 g/mol. The van der Waals surface area contributed by atoms with Gasteiger partial charge in [0, 0.05) is 6.54 Å². The highest BCUT2D eigenvalue weighted by Crippen LogP contribution is 2.51. The fourth-order valence-corrected chi connectivity index (χ4v) is 3.92. The molecule has 1 heterocycles. The fraction of sp³-hybridized carbons (Fsp3) is 0.300. The summed E-state index contributed by atoms with van der Waals surface area (Å²) in [5.41, 5.74) is 4.16. The summed E-state index contributed by atoms with van der Waals surface area (Å²) < 4.78 is 0. The van der Waals surface area contributed by atoms with Gasteiger partial charge in [-0.15, -0.1) is 0 Å². The first-order chi connectivity index (χ1) is 11.2. The van der Waals surface area contributed by atoms with Crippen molar-refractivity contribution in [2.45, 2.75) is 31.6 Å². The molecule has 116 valence electrons. The lowest BCUT2D eigenvalue weighted by Crippen LogP contribution is -2.31. The highest BCUT2D eigenvalue weighted by Gasteiger charge is 2.51. The Labute approximate surface area is 135 Å². The molecule has 0 saturated carbocycles. The molecule has 0 bridgehead atoms. The monoisotopic (exact) mass is 305 g/mol. The molecule has 3 heteroatoms. The van der Waals surface area contributed by atoms with Crippen LogP contribution < -0.4 is 0 Å². The molecule has 0 radical (unpaired) electrons. The van der Waals surface area contributed by atoms with E-state index in [4.69, 9.17) is 0 Å². The molecule has 0 aromatic heterocycles. The van der Waals surface area contributed by atoms with E-state index < -0.39 is 0 Å². The maximum atomic E-state index is 12.9. The number of nitrogens with zero attached hydrogens (tertiary/aromatic N) is 1. The van der Waals surface area contributed by atoms with Crippen molar-refractivity contribution >= 4 is 11.8 Å². The smallest absolute Gasteiger partial charge is 0.237 e. The lowest BCUT2D eigenvalue weighted by Gasteiger charge is -2.27. The van der Waals surface area contributed by atoms with E-state index in [0.717, 1.165) is 35.1 Å². The van der Waals surface area contributed by atoms with E-state index in [1.807, 2.05) is 36.4 Å². The number of likely N-dealkylation sites (tertiary alicyclic amines) is 1. The second-order valence-corrected chi connectivity index (χ2v) is 6.31. The third kappa shape index (κ3) is 1.96. The predicted molar refractivity (Wildman–Crippen MR) is 89.0 cm³/mol. The van der Waals surface area contributed by atoms with Crippen LogP contribution in [0.25, 0.3) is 11.1 Å². The van der Waals surface area contributed by atoms with Crippen LogP contribution in [-0.4, -0.2) is 23.3 Å². The van der Waals surface area contributed by atoms with E-state index in [0.29, 0.717) is 6.54 Å². The first-order valence-corrected chi connectivity index (χ1v) is 8.27. The van der Waals surface area contributed by atoms with Crippen molar-refractivity contribution in [3.63, 3.8) is 0 Å². The van der Waals surface area contributed by atoms with Crippen LogP contribution in [0.15, 0.2) is 48.5 Å². The molecule has 1 saturated heterocycles. The molecule has 0 N–H and O–H groups in total.